The van der Waals surface area contributed by atoms with E-state index in [1.807, 2.05) is 6.92 Å². The van der Waals surface area contributed by atoms with E-state index in [1.165, 1.54) is 0 Å². The van der Waals surface area contributed by atoms with Gasteiger partial charge in [0, 0.05) is 13.1 Å². The lowest BCUT2D eigenvalue weighted by molar-refractivity contribution is -0.142. The van der Waals surface area contributed by atoms with Crippen molar-refractivity contribution in [2.45, 2.75) is 70.1 Å². The zero-order chi connectivity index (χ0) is 28.5. The molecule has 16 heteroatoms. The minimum Gasteiger partial charge on any atom is -0.480 e. The zero-order valence-electron chi connectivity index (χ0n) is 21.4. The number of nitrogens with two attached hydrogens (primary N) is 5. The smallest absolute Gasteiger partial charge is 0.326 e. The van der Waals surface area contributed by atoms with Gasteiger partial charge in [0.25, 0.3) is 0 Å². The van der Waals surface area contributed by atoms with Gasteiger partial charge >= 0.3 is 5.97 Å². The summed E-state index contributed by atoms with van der Waals surface area (Å²) in [4.78, 5) is 57.6. The molecular formula is C21H42N10O6. The first-order valence-corrected chi connectivity index (χ1v) is 11.9. The van der Waals surface area contributed by atoms with Crippen LogP contribution in [0, 0.1) is 5.92 Å². The van der Waals surface area contributed by atoms with E-state index >= 15 is 0 Å². The second kappa shape index (κ2) is 17.7. The lowest BCUT2D eigenvalue weighted by Crippen LogP contribution is -2.59. The van der Waals surface area contributed by atoms with Crippen molar-refractivity contribution in [2.75, 3.05) is 19.7 Å². The number of carbonyl (C=O) groups is 4. The summed E-state index contributed by atoms with van der Waals surface area (Å²) in [5.41, 5.74) is 26.7. The molecule has 3 amide bonds. The van der Waals surface area contributed by atoms with Crippen molar-refractivity contribution in [3.63, 3.8) is 0 Å². The normalized spacial score (nSPS) is 14.7. The maximum absolute atomic E-state index is 13.1. The van der Waals surface area contributed by atoms with E-state index in [0.29, 0.717) is 6.42 Å². The number of carbonyl (C=O) groups excluding carboxylic acids is 3. The maximum atomic E-state index is 13.1. The van der Waals surface area contributed by atoms with E-state index in [-0.39, 0.29) is 56.6 Å². The molecule has 0 aliphatic heterocycles. The number of nitrogens with zero attached hydrogens (tertiary/aromatic N) is 2. The first-order valence-electron chi connectivity index (χ1n) is 11.9. The Kier molecular flexibility index (Phi) is 16.0. The number of carboxylic acids is 1. The number of hydrogen-bond acceptors (Lipinski definition) is 8. The van der Waals surface area contributed by atoms with Gasteiger partial charge in [-0.3, -0.25) is 24.4 Å². The molecule has 15 N–H and O–H groups in total. The lowest BCUT2D eigenvalue weighted by atomic mass is 9.97. The Morgan fingerprint density at radius 3 is 1.73 bits per heavy atom. The van der Waals surface area contributed by atoms with Crippen molar-refractivity contribution in [2.24, 2.45) is 44.6 Å². The van der Waals surface area contributed by atoms with Crippen LogP contribution < -0.4 is 44.6 Å². The van der Waals surface area contributed by atoms with Crippen molar-refractivity contribution >= 4 is 35.6 Å². The Balaban J connectivity index is 5.63. The highest BCUT2D eigenvalue weighted by atomic mass is 16.4. The number of aliphatic hydroxyl groups is 1. The summed E-state index contributed by atoms with van der Waals surface area (Å²) in [6.07, 6.45) is 1.19. The molecule has 0 radical (unpaired) electrons. The number of aliphatic carboxylic acids is 1. The number of aliphatic imine (C=N–C) groups is 2. The summed E-state index contributed by atoms with van der Waals surface area (Å²) in [5.74, 6) is -4.04. The van der Waals surface area contributed by atoms with Gasteiger partial charge in [-0.25, -0.2) is 4.79 Å². The molecule has 0 aromatic heterocycles. The van der Waals surface area contributed by atoms with Gasteiger partial charge in [-0.1, -0.05) is 20.3 Å². The average Bonchev–Trinajstić information content (AvgIpc) is 2.84. The van der Waals surface area contributed by atoms with Crippen molar-refractivity contribution in [3.05, 3.63) is 0 Å². The predicted molar refractivity (Wildman–Crippen MR) is 138 cm³/mol. The molecule has 0 aromatic rings. The fourth-order valence-corrected chi connectivity index (χ4v) is 3.11. The number of amides is 3. The molecular weight excluding hydrogens is 488 g/mol. The second-order valence-corrected chi connectivity index (χ2v) is 8.52. The molecule has 0 aromatic carbocycles. The predicted octanol–water partition coefficient (Wildman–Crippen LogP) is -4.00. The second-order valence-electron chi connectivity index (χ2n) is 8.52. The van der Waals surface area contributed by atoms with Crippen molar-refractivity contribution in [3.8, 4) is 0 Å². The Morgan fingerprint density at radius 2 is 1.30 bits per heavy atom. The van der Waals surface area contributed by atoms with Crippen LogP contribution in [0.3, 0.4) is 0 Å². The third-order valence-electron chi connectivity index (χ3n) is 5.46. The van der Waals surface area contributed by atoms with Crippen LogP contribution in [0.2, 0.25) is 0 Å². The first kappa shape index (κ1) is 33.3. The zero-order valence-corrected chi connectivity index (χ0v) is 21.4. The Morgan fingerprint density at radius 1 is 0.811 bits per heavy atom. The van der Waals surface area contributed by atoms with Crippen LogP contribution in [0.4, 0.5) is 0 Å². The fraction of sp³-hybridized carbons (Fsp3) is 0.714. The molecule has 0 fully saturated rings. The maximum Gasteiger partial charge on any atom is 0.326 e. The van der Waals surface area contributed by atoms with Crippen LogP contribution >= 0.6 is 0 Å². The van der Waals surface area contributed by atoms with Gasteiger partial charge in [-0.15, -0.1) is 0 Å². The van der Waals surface area contributed by atoms with E-state index in [2.05, 4.69) is 25.9 Å². The summed E-state index contributed by atoms with van der Waals surface area (Å²) in [7, 11) is 0. The number of carboxylic acid groups (broad SMARTS) is 1. The topological polar surface area (TPSA) is 300 Å². The molecule has 0 saturated heterocycles. The highest BCUT2D eigenvalue weighted by Gasteiger charge is 2.32. The standard InChI is InChI=1S/C21H42N10O6/c1-3-11(2)15(31-16(33)12(22)10-32)18(35)29-13(6-4-8-27-20(23)24)17(34)30-14(19(36)37)7-5-9-28-21(25)26/h11-15,32H,3-10,22H2,1-2H3,(H,29,35)(H,30,34)(H,31,33)(H,36,37)(H4,23,24,27)(H4,25,26,28). The molecule has 0 spiro atoms. The summed E-state index contributed by atoms with van der Waals surface area (Å²) < 4.78 is 0. The van der Waals surface area contributed by atoms with Gasteiger partial charge in [-0.2, -0.15) is 0 Å². The average molecular weight is 531 g/mol. The largest absolute Gasteiger partial charge is 0.480 e. The highest BCUT2D eigenvalue weighted by molar-refractivity contribution is 5.94. The van der Waals surface area contributed by atoms with Crippen LogP contribution in [0.15, 0.2) is 9.98 Å². The molecule has 0 aliphatic carbocycles. The summed E-state index contributed by atoms with van der Waals surface area (Å²) in [6.45, 7) is 3.26. The van der Waals surface area contributed by atoms with Crippen molar-refractivity contribution in [1.29, 1.82) is 0 Å². The number of guanidine groups is 2. The third-order valence-corrected chi connectivity index (χ3v) is 5.46. The molecule has 5 unspecified atom stereocenters. The Bertz CT molecular complexity index is 814. The van der Waals surface area contributed by atoms with Crippen LogP contribution in [-0.2, 0) is 19.2 Å². The van der Waals surface area contributed by atoms with E-state index < -0.39 is 54.5 Å². The summed E-state index contributed by atoms with van der Waals surface area (Å²) in [6, 6.07) is -4.70. The molecule has 37 heavy (non-hydrogen) atoms. The number of nitrogens with one attached hydrogen (secondary N) is 3. The van der Waals surface area contributed by atoms with Gasteiger partial charge in [0.15, 0.2) is 11.9 Å². The molecule has 16 nitrogen and oxygen atoms in total. The highest BCUT2D eigenvalue weighted by Crippen LogP contribution is 2.10. The van der Waals surface area contributed by atoms with Gasteiger partial charge in [-0.05, 0) is 31.6 Å². The van der Waals surface area contributed by atoms with E-state index in [1.54, 1.807) is 6.92 Å². The molecule has 0 aliphatic rings. The summed E-state index contributed by atoms with van der Waals surface area (Å²) >= 11 is 0. The van der Waals surface area contributed by atoms with E-state index in [4.69, 9.17) is 33.8 Å². The van der Waals surface area contributed by atoms with Crippen LogP contribution in [0.5, 0.6) is 0 Å². The number of rotatable bonds is 18. The minimum absolute atomic E-state index is 0.0388. The van der Waals surface area contributed by atoms with Crippen molar-refractivity contribution in [1.82, 2.24) is 16.0 Å². The van der Waals surface area contributed by atoms with Gasteiger partial charge in [0.1, 0.15) is 24.2 Å². The molecule has 5 atom stereocenters. The van der Waals surface area contributed by atoms with E-state index in [0.717, 1.165) is 0 Å². The lowest BCUT2D eigenvalue weighted by Gasteiger charge is -2.27. The molecule has 0 saturated carbocycles. The quantitative estimate of drug-likeness (QED) is 0.0462. The molecule has 0 heterocycles. The third kappa shape index (κ3) is 13.9. The number of hydrogen-bond donors (Lipinski definition) is 10. The number of aliphatic hydroxyl groups excluding tert-OH is 1. The van der Waals surface area contributed by atoms with Crippen LogP contribution in [0.25, 0.3) is 0 Å². The first-order chi connectivity index (χ1) is 17.3. The summed E-state index contributed by atoms with van der Waals surface area (Å²) in [5, 5.41) is 26.2. The SMILES string of the molecule is CCC(C)C(NC(=O)C(N)CO)C(=O)NC(CCCN=C(N)N)C(=O)NC(CCCN=C(N)N)C(=O)O. The molecule has 212 valence electrons. The Hall–Kier alpha value is -3.66. The minimum atomic E-state index is -1.27. The van der Waals surface area contributed by atoms with Crippen molar-refractivity contribution < 1.29 is 29.4 Å². The molecule has 0 bridgehead atoms. The molecule has 0 rings (SSSR count). The fourth-order valence-electron chi connectivity index (χ4n) is 3.11. The van der Waals surface area contributed by atoms with E-state index in [9.17, 15) is 24.3 Å². The van der Waals surface area contributed by atoms with Crippen LogP contribution in [-0.4, -0.2) is 89.7 Å². The van der Waals surface area contributed by atoms with Gasteiger partial charge in [0.2, 0.25) is 17.7 Å². The van der Waals surface area contributed by atoms with Gasteiger partial charge in [0.05, 0.1) is 6.61 Å². The van der Waals surface area contributed by atoms with Crippen LogP contribution in [0.1, 0.15) is 46.0 Å². The monoisotopic (exact) mass is 530 g/mol. The van der Waals surface area contributed by atoms with Gasteiger partial charge < -0.3 is 54.8 Å². The Labute approximate surface area is 215 Å².